The number of nitro benzene ring substituents is 1. The van der Waals surface area contributed by atoms with E-state index in [1.54, 1.807) is 13.2 Å². The van der Waals surface area contributed by atoms with Crippen LogP contribution in [-0.2, 0) is 11.2 Å². The van der Waals surface area contributed by atoms with Gasteiger partial charge in [-0.2, -0.15) is 0 Å². The minimum atomic E-state index is -0.512. The van der Waals surface area contributed by atoms with Crippen LogP contribution in [-0.4, -0.2) is 31.1 Å². The van der Waals surface area contributed by atoms with Gasteiger partial charge in [-0.3, -0.25) is 14.9 Å². The highest BCUT2D eigenvalue weighted by molar-refractivity contribution is 5.77. The molecule has 2 aromatic rings. The zero-order valence-electron chi connectivity index (χ0n) is 13.2. The van der Waals surface area contributed by atoms with Crippen molar-refractivity contribution in [1.82, 2.24) is 5.32 Å². The minimum Gasteiger partial charge on any atom is -0.497 e. The molecular formula is C17H18N2O5. The molecule has 0 aliphatic carbocycles. The van der Waals surface area contributed by atoms with Crippen LogP contribution < -0.4 is 14.8 Å². The number of methoxy groups -OCH3 is 1. The Morgan fingerprint density at radius 2 is 1.92 bits per heavy atom. The molecule has 0 spiro atoms. The van der Waals surface area contributed by atoms with Crippen molar-refractivity contribution in [3.63, 3.8) is 0 Å². The van der Waals surface area contributed by atoms with Gasteiger partial charge in [-0.25, -0.2) is 0 Å². The Bertz CT molecular complexity index is 700. The summed E-state index contributed by atoms with van der Waals surface area (Å²) in [7, 11) is 1.61. The summed E-state index contributed by atoms with van der Waals surface area (Å²) in [4.78, 5) is 21.9. The molecule has 0 heterocycles. The molecule has 2 aromatic carbocycles. The molecule has 0 fully saturated rings. The van der Waals surface area contributed by atoms with Gasteiger partial charge >= 0.3 is 0 Å². The smallest absolute Gasteiger partial charge is 0.273 e. The Morgan fingerprint density at radius 1 is 1.17 bits per heavy atom. The van der Waals surface area contributed by atoms with Crippen LogP contribution in [0.15, 0.2) is 48.5 Å². The van der Waals surface area contributed by atoms with Crippen molar-refractivity contribution in [3.8, 4) is 11.5 Å². The fraction of sp³-hybridized carbons (Fsp3) is 0.235. The first-order valence-electron chi connectivity index (χ1n) is 7.35. The maximum absolute atomic E-state index is 11.7. The molecule has 7 heteroatoms. The normalized spacial score (nSPS) is 10.0. The van der Waals surface area contributed by atoms with Crippen LogP contribution >= 0.6 is 0 Å². The lowest BCUT2D eigenvalue weighted by molar-refractivity contribution is -0.384. The summed E-state index contributed by atoms with van der Waals surface area (Å²) in [5, 5.41) is 13.4. The van der Waals surface area contributed by atoms with Crippen molar-refractivity contribution in [1.29, 1.82) is 0 Å². The van der Waals surface area contributed by atoms with E-state index in [4.69, 9.17) is 9.47 Å². The van der Waals surface area contributed by atoms with Gasteiger partial charge < -0.3 is 14.8 Å². The summed E-state index contributed by atoms with van der Waals surface area (Å²) in [6.45, 7) is 0.285. The van der Waals surface area contributed by atoms with Gasteiger partial charge in [0.2, 0.25) is 0 Å². The highest BCUT2D eigenvalue weighted by Crippen LogP contribution is 2.18. The molecule has 0 bridgehead atoms. The van der Waals surface area contributed by atoms with Gasteiger partial charge in [-0.05, 0) is 30.2 Å². The highest BCUT2D eigenvalue weighted by atomic mass is 16.6. The summed E-state index contributed by atoms with van der Waals surface area (Å²) < 4.78 is 10.3. The van der Waals surface area contributed by atoms with Crippen molar-refractivity contribution >= 4 is 11.6 Å². The molecule has 0 radical (unpaired) electrons. The van der Waals surface area contributed by atoms with Gasteiger partial charge in [0.25, 0.3) is 11.6 Å². The van der Waals surface area contributed by atoms with Gasteiger partial charge in [-0.1, -0.05) is 18.2 Å². The molecular weight excluding hydrogens is 312 g/mol. The summed E-state index contributed by atoms with van der Waals surface area (Å²) >= 11 is 0. The molecule has 2 rings (SSSR count). The number of rotatable bonds is 8. The molecule has 0 aliphatic heterocycles. The molecule has 0 atom stereocenters. The molecule has 0 unspecified atom stereocenters. The second-order valence-corrected chi connectivity index (χ2v) is 4.99. The van der Waals surface area contributed by atoms with Crippen LogP contribution in [0, 0.1) is 10.1 Å². The van der Waals surface area contributed by atoms with Crippen LogP contribution in [0.4, 0.5) is 5.69 Å². The SMILES string of the molecule is COc1ccc(CCNC(=O)COc2cccc([N+](=O)[O-])c2)cc1. The summed E-state index contributed by atoms with van der Waals surface area (Å²) in [5.74, 6) is 0.790. The molecule has 126 valence electrons. The van der Waals surface area contributed by atoms with Gasteiger partial charge in [0.05, 0.1) is 18.1 Å². The molecule has 7 nitrogen and oxygen atoms in total. The summed E-state index contributed by atoms with van der Waals surface area (Å²) in [5.41, 5.74) is 1.00. The van der Waals surface area contributed by atoms with E-state index in [2.05, 4.69) is 5.32 Å². The zero-order chi connectivity index (χ0) is 17.4. The molecule has 1 N–H and O–H groups in total. The van der Waals surface area contributed by atoms with Crippen molar-refractivity contribution < 1.29 is 19.2 Å². The quantitative estimate of drug-likeness (QED) is 0.592. The number of carbonyl (C=O) groups is 1. The summed E-state index contributed by atoms with van der Waals surface area (Å²) in [6, 6.07) is 13.3. The van der Waals surface area contributed by atoms with Gasteiger partial charge in [0.15, 0.2) is 6.61 Å². The molecule has 0 saturated carbocycles. The first-order chi connectivity index (χ1) is 11.6. The van der Waals surface area contributed by atoms with Gasteiger partial charge in [0.1, 0.15) is 11.5 Å². The third kappa shape index (κ3) is 5.28. The Labute approximate surface area is 139 Å². The standard InChI is InChI=1S/C17H18N2O5/c1-23-15-7-5-13(6-8-15)9-10-18-17(20)12-24-16-4-2-3-14(11-16)19(21)22/h2-8,11H,9-10,12H2,1H3,(H,18,20). The fourth-order valence-electron chi connectivity index (χ4n) is 2.03. The number of nitrogens with one attached hydrogen (secondary N) is 1. The minimum absolute atomic E-state index is 0.0765. The number of carbonyl (C=O) groups excluding carboxylic acids is 1. The predicted molar refractivity (Wildman–Crippen MR) is 88.3 cm³/mol. The van der Waals surface area contributed by atoms with Gasteiger partial charge in [-0.15, -0.1) is 0 Å². The van der Waals surface area contributed by atoms with E-state index < -0.39 is 4.92 Å². The van der Waals surface area contributed by atoms with Crippen molar-refractivity contribution in [2.45, 2.75) is 6.42 Å². The second kappa shape index (κ2) is 8.52. The largest absolute Gasteiger partial charge is 0.497 e. The van der Waals surface area contributed by atoms with Crippen LogP contribution in [0.3, 0.4) is 0 Å². The van der Waals surface area contributed by atoms with Crippen LogP contribution in [0.5, 0.6) is 11.5 Å². The molecule has 0 saturated heterocycles. The number of hydrogen-bond donors (Lipinski definition) is 1. The number of hydrogen-bond acceptors (Lipinski definition) is 5. The number of amides is 1. The predicted octanol–water partition coefficient (Wildman–Crippen LogP) is 2.34. The van der Waals surface area contributed by atoms with Crippen molar-refractivity contribution in [2.24, 2.45) is 0 Å². The average Bonchev–Trinajstić information content (AvgIpc) is 2.61. The lowest BCUT2D eigenvalue weighted by atomic mass is 10.1. The number of nitro groups is 1. The van der Waals surface area contributed by atoms with Crippen molar-refractivity contribution in [3.05, 3.63) is 64.2 Å². The number of ether oxygens (including phenoxy) is 2. The third-order valence-electron chi connectivity index (χ3n) is 3.29. The lowest BCUT2D eigenvalue weighted by Crippen LogP contribution is -2.30. The van der Waals surface area contributed by atoms with E-state index in [0.717, 1.165) is 11.3 Å². The Morgan fingerprint density at radius 3 is 2.58 bits per heavy atom. The van der Waals surface area contributed by atoms with E-state index >= 15 is 0 Å². The van der Waals surface area contributed by atoms with E-state index in [9.17, 15) is 14.9 Å². The Hall–Kier alpha value is -3.09. The van der Waals surface area contributed by atoms with Crippen LogP contribution in [0.2, 0.25) is 0 Å². The van der Waals surface area contributed by atoms with Gasteiger partial charge in [0, 0.05) is 12.6 Å². The third-order valence-corrected chi connectivity index (χ3v) is 3.29. The molecule has 24 heavy (non-hydrogen) atoms. The average molecular weight is 330 g/mol. The second-order valence-electron chi connectivity index (χ2n) is 4.99. The molecule has 1 amide bonds. The van der Waals surface area contributed by atoms with Crippen molar-refractivity contribution in [2.75, 3.05) is 20.3 Å². The Balaban J connectivity index is 1.73. The first kappa shape index (κ1) is 17.3. The number of benzene rings is 2. The Kier molecular flexibility index (Phi) is 6.13. The van der Waals surface area contributed by atoms with Crippen LogP contribution in [0.25, 0.3) is 0 Å². The maximum Gasteiger partial charge on any atom is 0.273 e. The molecule has 0 aliphatic rings. The topological polar surface area (TPSA) is 90.7 Å². The number of nitrogens with zero attached hydrogens (tertiary/aromatic N) is 1. The maximum atomic E-state index is 11.7. The lowest BCUT2D eigenvalue weighted by Gasteiger charge is -2.08. The fourth-order valence-corrected chi connectivity index (χ4v) is 2.03. The monoisotopic (exact) mass is 330 g/mol. The van der Waals surface area contributed by atoms with Crippen LogP contribution in [0.1, 0.15) is 5.56 Å². The summed E-state index contributed by atoms with van der Waals surface area (Å²) in [6.07, 6.45) is 0.687. The number of non-ortho nitro benzene ring substituents is 1. The van der Waals surface area contributed by atoms with E-state index in [1.165, 1.54) is 18.2 Å². The van der Waals surface area contributed by atoms with E-state index in [0.29, 0.717) is 13.0 Å². The molecule has 0 aromatic heterocycles. The highest BCUT2D eigenvalue weighted by Gasteiger charge is 2.08. The first-order valence-corrected chi connectivity index (χ1v) is 7.35. The van der Waals surface area contributed by atoms with E-state index in [1.807, 2.05) is 24.3 Å². The zero-order valence-corrected chi connectivity index (χ0v) is 13.2. The van der Waals surface area contributed by atoms with E-state index in [-0.39, 0.29) is 24.0 Å².